The largest absolute Gasteiger partial charge is 0.395 e. The molecule has 0 rings (SSSR count). The van der Waals surface area contributed by atoms with E-state index in [2.05, 4.69) is 32.6 Å². The molecule has 1 unspecified atom stereocenters. The first-order chi connectivity index (χ1) is 8.23. The summed E-state index contributed by atoms with van der Waals surface area (Å²) in [5.74, 6) is 0.807. The molecule has 0 fully saturated rings. The van der Waals surface area contributed by atoms with Crippen molar-refractivity contribution in [3.63, 3.8) is 0 Å². The lowest BCUT2D eigenvalue weighted by atomic mass is 9.97. The van der Waals surface area contributed by atoms with E-state index in [0.29, 0.717) is 12.6 Å². The molecule has 0 saturated heterocycles. The molecule has 1 N–H and O–H groups in total. The molecular formula is C15H33NO. The number of hydrogen-bond donors (Lipinski definition) is 1. The van der Waals surface area contributed by atoms with Gasteiger partial charge in [0.1, 0.15) is 0 Å². The predicted octanol–water partition coefficient (Wildman–Crippen LogP) is 3.69. The highest BCUT2D eigenvalue weighted by molar-refractivity contribution is 4.72. The van der Waals surface area contributed by atoms with Crippen molar-refractivity contribution in [2.75, 3.05) is 19.7 Å². The van der Waals surface area contributed by atoms with Crippen LogP contribution in [0.2, 0.25) is 0 Å². The smallest absolute Gasteiger partial charge is 0.0558 e. The van der Waals surface area contributed by atoms with Crippen LogP contribution in [0, 0.1) is 5.92 Å². The summed E-state index contributed by atoms with van der Waals surface area (Å²) in [4.78, 5) is 2.50. The number of nitrogens with zero attached hydrogens (tertiary/aromatic N) is 1. The van der Waals surface area contributed by atoms with E-state index in [-0.39, 0.29) is 0 Å². The van der Waals surface area contributed by atoms with Crippen LogP contribution in [0.4, 0.5) is 0 Å². The zero-order valence-electron chi connectivity index (χ0n) is 12.4. The number of unbranched alkanes of at least 4 members (excludes halogenated alkanes) is 1. The summed E-state index contributed by atoms with van der Waals surface area (Å²) in [6.45, 7) is 11.4. The molecule has 0 spiro atoms. The van der Waals surface area contributed by atoms with Gasteiger partial charge in [0, 0.05) is 19.1 Å². The van der Waals surface area contributed by atoms with Gasteiger partial charge < -0.3 is 5.11 Å². The first-order valence-corrected chi connectivity index (χ1v) is 7.58. The fourth-order valence-electron chi connectivity index (χ4n) is 2.61. The molecule has 0 aromatic carbocycles. The van der Waals surface area contributed by atoms with Crippen LogP contribution >= 0.6 is 0 Å². The minimum atomic E-state index is 0.292. The monoisotopic (exact) mass is 243 g/mol. The highest BCUT2D eigenvalue weighted by atomic mass is 16.3. The Morgan fingerprint density at radius 1 is 1.00 bits per heavy atom. The van der Waals surface area contributed by atoms with Gasteiger partial charge in [0.25, 0.3) is 0 Å². The first-order valence-electron chi connectivity index (χ1n) is 7.58. The third kappa shape index (κ3) is 7.05. The molecule has 0 radical (unpaired) electrons. The third-order valence-corrected chi connectivity index (χ3v) is 3.88. The van der Waals surface area contributed by atoms with E-state index in [9.17, 15) is 5.11 Å². The maximum atomic E-state index is 9.20. The van der Waals surface area contributed by atoms with Crippen LogP contribution in [0.25, 0.3) is 0 Å². The lowest BCUT2D eigenvalue weighted by Crippen LogP contribution is -2.40. The summed E-state index contributed by atoms with van der Waals surface area (Å²) in [7, 11) is 0. The van der Waals surface area contributed by atoms with Gasteiger partial charge in [-0.1, -0.05) is 47.0 Å². The molecule has 0 aromatic rings. The Bertz CT molecular complexity index is 157. The molecule has 0 aliphatic carbocycles. The second-order valence-corrected chi connectivity index (χ2v) is 5.11. The second kappa shape index (κ2) is 11.0. The van der Waals surface area contributed by atoms with Gasteiger partial charge in [-0.15, -0.1) is 0 Å². The maximum Gasteiger partial charge on any atom is 0.0558 e. The summed E-state index contributed by atoms with van der Waals surface area (Å²) in [5, 5.41) is 9.20. The van der Waals surface area contributed by atoms with Gasteiger partial charge in [-0.25, -0.2) is 0 Å². The highest BCUT2D eigenvalue weighted by Gasteiger charge is 2.18. The SMILES string of the molecule is CCCCC(CC)CN(CCO)C(CC)CC. The fraction of sp³-hybridized carbons (Fsp3) is 1.00. The number of rotatable bonds is 11. The predicted molar refractivity (Wildman–Crippen MR) is 76.3 cm³/mol. The molecule has 0 aromatic heterocycles. The van der Waals surface area contributed by atoms with Gasteiger partial charge in [-0.2, -0.15) is 0 Å². The minimum Gasteiger partial charge on any atom is -0.395 e. The van der Waals surface area contributed by atoms with Crippen LogP contribution in [0.5, 0.6) is 0 Å². The van der Waals surface area contributed by atoms with Gasteiger partial charge >= 0.3 is 0 Å². The van der Waals surface area contributed by atoms with Crippen LogP contribution < -0.4 is 0 Å². The van der Waals surface area contributed by atoms with Crippen molar-refractivity contribution < 1.29 is 5.11 Å². The molecular weight excluding hydrogens is 210 g/mol. The van der Waals surface area contributed by atoms with Crippen LogP contribution in [0.15, 0.2) is 0 Å². The van der Waals surface area contributed by atoms with E-state index < -0.39 is 0 Å². The molecule has 0 heterocycles. The lowest BCUT2D eigenvalue weighted by molar-refractivity contribution is 0.119. The van der Waals surface area contributed by atoms with Gasteiger partial charge in [-0.05, 0) is 25.2 Å². The van der Waals surface area contributed by atoms with E-state index in [1.807, 2.05) is 0 Å². The van der Waals surface area contributed by atoms with Crippen molar-refractivity contribution in [3.05, 3.63) is 0 Å². The summed E-state index contributed by atoms with van der Waals surface area (Å²) in [6, 6.07) is 0.651. The molecule has 0 bridgehead atoms. The van der Waals surface area contributed by atoms with E-state index >= 15 is 0 Å². The van der Waals surface area contributed by atoms with Crippen molar-refractivity contribution >= 4 is 0 Å². The minimum absolute atomic E-state index is 0.292. The van der Waals surface area contributed by atoms with Crippen molar-refractivity contribution in [1.82, 2.24) is 4.90 Å². The fourth-order valence-corrected chi connectivity index (χ4v) is 2.61. The van der Waals surface area contributed by atoms with Crippen LogP contribution in [0.3, 0.4) is 0 Å². The molecule has 1 atom stereocenters. The summed E-state index contributed by atoms with van der Waals surface area (Å²) in [6.07, 6.45) is 7.63. The quantitative estimate of drug-likeness (QED) is 0.598. The Morgan fingerprint density at radius 2 is 1.65 bits per heavy atom. The molecule has 2 nitrogen and oxygen atoms in total. The number of aliphatic hydroxyl groups is 1. The average molecular weight is 243 g/mol. The Hall–Kier alpha value is -0.0800. The first kappa shape index (κ1) is 16.9. The molecule has 0 aliphatic rings. The highest BCUT2D eigenvalue weighted by Crippen LogP contribution is 2.17. The van der Waals surface area contributed by atoms with Crippen LogP contribution in [-0.4, -0.2) is 35.7 Å². The second-order valence-electron chi connectivity index (χ2n) is 5.11. The Kier molecular flexibility index (Phi) is 11.0. The topological polar surface area (TPSA) is 23.5 Å². The van der Waals surface area contributed by atoms with Gasteiger partial charge in [0.2, 0.25) is 0 Å². The van der Waals surface area contributed by atoms with E-state index in [0.717, 1.165) is 12.5 Å². The van der Waals surface area contributed by atoms with Gasteiger partial charge in [0.15, 0.2) is 0 Å². The van der Waals surface area contributed by atoms with Crippen LogP contribution in [-0.2, 0) is 0 Å². The zero-order chi connectivity index (χ0) is 13.1. The third-order valence-electron chi connectivity index (χ3n) is 3.88. The van der Waals surface area contributed by atoms with E-state index in [1.165, 1.54) is 45.1 Å². The van der Waals surface area contributed by atoms with E-state index in [4.69, 9.17) is 0 Å². The molecule has 0 saturated carbocycles. The van der Waals surface area contributed by atoms with Crippen molar-refractivity contribution in [2.24, 2.45) is 5.92 Å². The van der Waals surface area contributed by atoms with Gasteiger partial charge in [-0.3, -0.25) is 4.90 Å². The summed E-state index contributed by atoms with van der Waals surface area (Å²) >= 11 is 0. The van der Waals surface area contributed by atoms with Gasteiger partial charge in [0.05, 0.1) is 6.61 Å². The molecule has 104 valence electrons. The van der Waals surface area contributed by atoms with Crippen LogP contribution in [0.1, 0.15) is 66.2 Å². The average Bonchev–Trinajstić information content (AvgIpc) is 2.35. The maximum absolute atomic E-state index is 9.20. The molecule has 0 aliphatic heterocycles. The normalized spacial score (nSPS) is 13.6. The lowest BCUT2D eigenvalue weighted by Gasteiger charge is -2.33. The van der Waals surface area contributed by atoms with Crippen molar-refractivity contribution in [1.29, 1.82) is 0 Å². The number of aliphatic hydroxyl groups excluding tert-OH is 1. The Balaban J connectivity index is 4.27. The molecule has 2 heteroatoms. The van der Waals surface area contributed by atoms with E-state index in [1.54, 1.807) is 0 Å². The Labute approximate surface area is 108 Å². The van der Waals surface area contributed by atoms with Crippen molar-refractivity contribution in [3.8, 4) is 0 Å². The standard InChI is InChI=1S/C15H33NO/c1-5-9-10-14(6-2)13-16(11-12-17)15(7-3)8-4/h14-15,17H,5-13H2,1-4H3. The summed E-state index contributed by atoms with van der Waals surface area (Å²) in [5.41, 5.74) is 0. The molecule has 0 amide bonds. The zero-order valence-corrected chi connectivity index (χ0v) is 12.4. The Morgan fingerprint density at radius 3 is 2.06 bits per heavy atom. The number of hydrogen-bond acceptors (Lipinski definition) is 2. The molecule has 17 heavy (non-hydrogen) atoms. The van der Waals surface area contributed by atoms with Crippen molar-refractivity contribution in [2.45, 2.75) is 72.3 Å². The summed E-state index contributed by atoms with van der Waals surface area (Å²) < 4.78 is 0.